The molecule has 0 unspecified atom stereocenters. The van der Waals surface area contributed by atoms with Gasteiger partial charge in [0.15, 0.2) is 0 Å². The van der Waals surface area contributed by atoms with E-state index in [0.717, 1.165) is 12.8 Å². The summed E-state index contributed by atoms with van der Waals surface area (Å²) in [4.78, 5) is 38.5. The highest BCUT2D eigenvalue weighted by molar-refractivity contribution is 6.22. The first kappa shape index (κ1) is 17.6. The Kier molecular flexibility index (Phi) is 5.51. The van der Waals surface area contributed by atoms with Crippen LogP contribution in [-0.2, 0) is 0 Å². The summed E-state index contributed by atoms with van der Waals surface area (Å²) in [6.45, 7) is 3.14. The lowest BCUT2D eigenvalue weighted by molar-refractivity contribution is 0.0652. The Balaban J connectivity index is 1.67. The van der Waals surface area contributed by atoms with Crippen molar-refractivity contribution < 1.29 is 14.4 Å². The van der Waals surface area contributed by atoms with Crippen molar-refractivity contribution in [2.45, 2.75) is 51.9 Å². The molecule has 1 heterocycles. The largest absolute Gasteiger partial charge is 0.352 e. The zero-order valence-corrected chi connectivity index (χ0v) is 14.8. The van der Waals surface area contributed by atoms with Gasteiger partial charge in [0.1, 0.15) is 0 Å². The number of hydrogen-bond acceptors (Lipinski definition) is 3. The number of unbranched alkanes of at least 4 members (excludes halogenated alkanes) is 1. The van der Waals surface area contributed by atoms with Gasteiger partial charge in [0.25, 0.3) is 17.7 Å². The van der Waals surface area contributed by atoms with Crippen molar-refractivity contribution in [1.29, 1.82) is 0 Å². The van der Waals surface area contributed by atoms with Crippen LogP contribution in [0.2, 0.25) is 0 Å². The maximum atomic E-state index is 12.5. The second kappa shape index (κ2) is 7.81. The normalized spacial score (nSPS) is 17.7. The Morgan fingerprint density at radius 3 is 2.56 bits per heavy atom. The second-order valence-corrected chi connectivity index (χ2v) is 7.09. The highest BCUT2D eigenvalue weighted by Crippen LogP contribution is 2.25. The zero-order valence-electron chi connectivity index (χ0n) is 14.8. The third-order valence-electron chi connectivity index (χ3n) is 5.24. The average Bonchev–Trinajstić information content (AvgIpc) is 2.89. The molecule has 0 radical (unpaired) electrons. The van der Waals surface area contributed by atoms with Crippen molar-refractivity contribution in [3.8, 4) is 0 Å². The van der Waals surface area contributed by atoms with Gasteiger partial charge in [-0.1, -0.05) is 32.6 Å². The van der Waals surface area contributed by atoms with Gasteiger partial charge in [-0.15, -0.1) is 0 Å². The number of imide groups is 1. The molecule has 1 N–H and O–H groups in total. The van der Waals surface area contributed by atoms with E-state index in [9.17, 15) is 14.4 Å². The minimum atomic E-state index is -0.282. The van der Waals surface area contributed by atoms with E-state index in [2.05, 4.69) is 5.32 Å². The minimum absolute atomic E-state index is 0.166. The van der Waals surface area contributed by atoms with Crippen LogP contribution in [-0.4, -0.2) is 35.7 Å². The molecular formula is C20H26N2O3. The van der Waals surface area contributed by atoms with Crippen molar-refractivity contribution >= 4 is 17.7 Å². The molecule has 25 heavy (non-hydrogen) atoms. The van der Waals surface area contributed by atoms with Crippen molar-refractivity contribution in [3.63, 3.8) is 0 Å². The summed E-state index contributed by atoms with van der Waals surface area (Å²) >= 11 is 0. The SMILES string of the molecule is CCCCN1C(=O)c2ccc(C(=O)NCC3CCCCC3)cc2C1=O. The third-order valence-corrected chi connectivity index (χ3v) is 5.24. The Morgan fingerprint density at radius 1 is 1.12 bits per heavy atom. The Bertz CT molecular complexity index is 678. The molecule has 5 nitrogen and oxygen atoms in total. The highest BCUT2D eigenvalue weighted by atomic mass is 16.2. The molecule has 0 bridgehead atoms. The summed E-state index contributed by atoms with van der Waals surface area (Å²) in [5, 5.41) is 2.98. The van der Waals surface area contributed by atoms with E-state index in [1.54, 1.807) is 18.2 Å². The zero-order chi connectivity index (χ0) is 17.8. The smallest absolute Gasteiger partial charge is 0.261 e. The summed E-state index contributed by atoms with van der Waals surface area (Å²) in [6, 6.07) is 4.82. The molecule has 1 saturated carbocycles. The van der Waals surface area contributed by atoms with Crippen LogP contribution in [0.3, 0.4) is 0 Å². The lowest BCUT2D eigenvalue weighted by Gasteiger charge is -2.21. The number of carbonyl (C=O) groups excluding carboxylic acids is 3. The second-order valence-electron chi connectivity index (χ2n) is 7.09. The van der Waals surface area contributed by atoms with E-state index in [0.29, 0.717) is 35.7 Å². The number of benzene rings is 1. The number of amides is 3. The quantitative estimate of drug-likeness (QED) is 0.806. The van der Waals surface area contributed by atoms with Gasteiger partial charge in [-0.3, -0.25) is 19.3 Å². The topological polar surface area (TPSA) is 66.5 Å². The van der Waals surface area contributed by atoms with E-state index >= 15 is 0 Å². The molecule has 1 aliphatic heterocycles. The van der Waals surface area contributed by atoms with Crippen molar-refractivity contribution in [1.82, 2.24) is 10.2 Å². The van der Waals surface area contributed by atoms with Crippen molar-refractivity contribution in [3.05, 3.63) is 34.9 Å². The third kappa shape index (κ3) is 3.75. The fraction of sp³-hybridized carbons (Fsp3) is 0.550. The van der Waals surface area contributed by atoms with Crippen LogP contribution >= 0.6 is 0 Å². The van der Waals surface area contributed by atoms with E-state index in [1.165, 1.54) is 37.0 Å². The van der Waals surface area contributed by atoms with Crippen LogP contribution in [0.5, 0.6) is 0 Å². The molecule has 0 spiro atoms. The molecule has 3 amide bonds. The van der Waals surface area contributed by atoms with Gasteiger partial charge in [0, 0.05) is 18.7 Å². The molecule has 0 saturated heterocycles. The van der Waals surface area contributed by atoms with Gasteiger partial charge >= 0.3 is 0 Å². The molecule has 2 aliphatic rings. The van der Waals surface area contributed by atoms with Gasteiger partial charge in [0.2, 0.25) is 0 Å². The lowest BCUT2D eigenvalue weighted by atomic mass is 9.89. The number of hydrogen-bond donors (Lipinski definition) is 1. The van der Waals surface area contributed by atoms with Crippen LogP contribution in [0.25, 0.3) is 0 Å². The van der Waals surface area contributed by atoms with Crippen molar-refractivity contribution in [2.24, 2.45) is 5.92 Å². The standard InChI is InChI=1S/C20H26N2O3/c1-2-3-11-22-19(24)16-10-9-15(12-17(16)20(22)25)18(23)21-13-14-7-5-4-6-8-14/h9-10,12,14H,2-8,11,13H2,1H3,(H,21,23). The molecular weight excluding hydrogens is 316 g/mol. The van der Waals surface area contributed by atoms with E-state index < -0.39 is 0 Å². The molecule has 1 aliphatic carbocycles. The van der Waals surface area contributed by atoms with Gasteiger partial charge in [-0.25, -0.2) is 0 Å². The molecule has 1 aromatic rings. The number of nitrogens with zero attached hydrogens (tertiary/aromatic N) is 1. The fourth-order valence-corrected chi connectivity index (χ4v) is 3.68. The average molecular weight is 342 g/mol. The van der Waals surface area contributed by atoms with Crippen LogP contribution in [0.1, 0.15) is 82.9 Å². The van der Waals surface area contributed by atoms with Crippen LogP contribution < -0.4 is 5.32 Å². The number of carbonyl (C=O) groups is 3. The number of nitrogens with one attached hydrogen (secondary N) is 1. The highest BCUT2D eigenvalue weighted by Gasteiger charge is 2.35. The molecule has 3 rings (SSSR count). The fourth-order valence-electron chi connectivity index (χ4n) is 3.68. The summed E-state index contributed by atoms with van der Waals surface area (Å²) in [6.07, 6.45) is 7.82. The van der Waals surface area contributed by atoms with Crippen molar-refractivity contribution in [2.75, 3.05) is 13.1 Å². The number of rotatable bonds is 6. The van der Waals surface area contributed by atoms with Crippen LogP contribution in [0, 0.1) is 5.92 Å². The molecule has 0 aromatic heterocycles. The first-order valence-electron chi connectivity index (χ1n) is 9.40. The van der Waals surface area contributed by atoms with E-state index in [4.69, 9.17) is 0 Å². The minimum Gasteiger partial charge on any atom is -0.352 e. The van der Waals surface area contributed by atoms with E-state index in [1.807, 2.05) is 6.92 Å². The molecule has 5 heteroatoms. The predicted molar refractivity (Wildman–Crippen MR) is 95.6 cm³/mol. The molecule has 1 fully saturated rings. The van der Waals surface area contributed by atoms with Crippen LogP contribution in [0.15, 0.2) is 18.2 Å². The Morgan fingerprint density at radius 2 is 1.84 bits per heavy atom. The molecule has 0 atom stereocenters. The summed E-state index contributed by atoms with van der Waals surface area (Å²) in [5.41, 5.74) is 1.21. The van der Waals surface area contributed by atoms with Gasteiger partial charge in [-0.05, 0) is 43.4 Å². The number of fused-ring (bicyclic) bond motifs is 1. The predicted octanol–water partition coefficient (Wildman–Crippen LogP) is 3.39. The van der Waals surface area contributed by atoms with Crippen LogP contribution in [0.4, 0.5) is 0 Å². The monoisotopic (exact) mass is 342 g/mol. The molecule has 134 valence electrons. The maximum absolute atomic E-state index is 12.5. The van der Waals surface area contributed by atoms with Gasteiger partial charge < -0.3 is 5.32 Å². The summed E-state index contributed by atoms with van der Waals surface area (Å²) < 4.78 is 0. The summed E-state index contributed by atoms with van der Waals surface area (Å²) in [5.74, 6) is -0.140. The first-order valence-corrected chi connectivity index (χ1v) is 9.40. The summed E-state index contributed by atoms with van der Waals surface area (Å²) in [7, 11) is 0. The molecule has 1 aromatic carbocycles. The maximum Gasteiger partial charge on any atom is 0.261 e. The van der Waals surface area contributed by atoms with Gasteiger partial charge in [-0.2, -0.15) is 0 Å². The van der Waals surface area contributed by atoms with Gasteiger partial charge in [0.05, 0.1) is 11.1 Å². The Hall–Kier alpha value is -2.17. The Labute approximate surface area is 148 Å². The lowest BCUT2D eigenvalue weighted by Crippen LogP contribution is -2.31. The first-order chi connectivity index (χ1) is 12.1. The van der Waals surface area contributed by atoms with E-state index in [-0.39, 0.29) is 17.7 Å².